The molecule has 0 spiro atoms. The first-order chi connectivity index (χ1) is 8.76. The highest BCUT2D eigenvalue weighted by Gasteiger charge is 2.31. The van der Waals surface area contributed by atoms with Gasteiger partial charge in [0.1, 0.15) is 0 Å². The van der Waals surface area contributed by atoms with Crippen molar-refractivity contribution < 1.29 is 23.1 Å². The summed E-state index contributed by atoms with van der Waals surface area (Å²) in [6.45, 7) is 0. The molecule has 0 fully saturated rings. The molecule has 0 unspecified atom stereocenters. The number of hydrogen-bond acceptors (Lipinski definition) is 3. The second kappa shape index (κ2) is 6.17. The first-order valence-corrected chi connectivity index (χ1v) is 6.21. The summed E-state index contributed by atoms with van der Waals surface area (Å²) in [5, 5.41) is 17.5. The number of nitriles is 1. The van der Waals surface area contributed by atoms with E-state index in [1.807, 2.05) is 0 Å². The van der Waals surface area contributed by atoms with Gasteiger partial charge in [0.25, 0.3) is 0 Å². The van der Waals surface area contributed by atoms with Gasteiger partial charge in [-0.25, -0.2) is 0 Å². The van der Waals surface area contributed by atoms with Crippen LogP contribution in [0.2, 0.25) is 0 Å². The summed E-state index contributed by atoms with van der Waals surface area (Å²) in [7, 11) is 0. The van der Waals surface area contributed by atoms with Gasteiger partial charge in [0.15, 0.2) is 0 Å². The second-order valence-corrected chi connectivity index (χ2v) is 4.85. The lowest BCUT2D eigenvalue weighted by molar-refractivity contribution is -0.136. The highest BCUT2D eigenvalue weighted by molar-refractivity contribution is 8.00. The third kappa shape index (κ3) is 4.65. The first-order valence-electron chi connectivity index (χ1n) is 4.86. The van der Waals surface area contributed by atoms with Crippen LogP contribution in [0.3, 0.4) is 0 Å². The predicted molar refractivity (Wildman–Crippen MR) is 64.0 cm³/mol. The molecule has 0 bridgehead atoms. The summed E-state index contributed by atoms with van der Waals surface area (Å²) in [5.41, 5.74) is -4.24. The molecular formula is C11H7ClF3NO2S. The van der Waals surface area contributed by atoms with E-state index in [4.69, 9.17) is 22.0 Å². The molecule has 19 heavy (non-hydrogen) atoms. The predicted octanol–water partition coefficient (Wildman–Crippen LogP) is 3.54. The van der Waals surface area contributed by atoms with E-state index in [0.29, 0.717) is 5.56 Å². The average Bonchev–Trinajstić information content (AvgIpc) is 2.28. The van der Waals surface area contributed by atoms with E-state index in [2.05, 4.69) is 0 Å². The van der Waals surface area contributed by atoms with Crippen LogP contribution in [0.4, 0.5) is 13.2 Å². The molecule has 1 rings (SSSR count). The van der Waals surface area contributed by atoms with Gasteiger partial charge in [0.2, 0.25) is 0 Å². The van der Waals surface area contributed by atoms with Crippen molar-refractivity contribution in [3.63, 3.8) is 0 Å². The number of alkyl halides is 4. The molecule has 0 radical (unpaired) electrons. The van der Waals surface area contributed by atoms with Crippen LogP contribution < -0.4 is 0 Å². The molecule has 3 nitrogen and oxygen atoms in total. The SMILES string of the molecule is N#Cc1cc(SC(F)(F)F)c(CC(=O)O)cc1CCl. The molecular weight excluding hydrogens is 303 g/mol. The van der Waals surface area contributed by atoms with E-state index in [-0.39, 0.29) is 21.9 Å². The number of carboxylic acid groups (broad SMARTS) is 1. The first kappa shape index (κ1) is 15.7. The van der Waals surface area contributed by atoms with Crippen LogP contribution in [0.25, 0.3) is 0 Å². The molecule has 1 aromatic rings. The molecule has 1 N–H and O–H groups in total. The third-order valence-electron chi connectivity index (χ3n) is 2.12. The summed E-state index contributed by atoms with van der Waals surface area (Å²) in [6, 6.07) is 3.99. The Morgan fingerprint density at radius 2 is 2.05 bits per heavy atom. The van der Waals surface area contributed by atoms with Gasteiger partial charge in [-0.2, -0.15) is 18.4 Å². The van der Waals surface area contributed by atoms with Crippen LogP contribution >= 0.6 is 23.4 Å². The van der Waals surface area contributed by atoms with Gasteiger partial charge >= 0.3 is 11.5 Å². The van der Waals surface area contributed by atoms with Crippen LogP contribution in [-0.4, -0.2) is 16.6 Å². The Morgan fingerprint density at radius 3 is 2.47 bits per heavy atom. The molecule has 0 saturated heterocycles. The van der Waals surface area contributed by atoms with Crippen LogP contribution in [0.15, 0.2) is 17.0 Å². The number of nitrogens with zero attached hydrogens (tertiary/aromatic N) is 1. The molecule has 102 valence electrons. The van der Waals surface area contributed by atoms with Gasteiger partial charge in [-0.05, 0) is 29.0 Å². The Balaban J connectivity index is 3.32. The van der Waals surface area contributed by atoms with Gasteiger partial charge in [-0.1, -0.05) is 6.07 Å². The number of carbonyl (C=O) groups is 1. The van der Waals surface area contributed by atoms with Gasteiger partial charge in [0, 0.05) is 10.8 Å². The van der Waals surface area contributed by atoms with Crippen LogP contribution in [-0.2, 0) is 17.1 Å². The molecule has 0 aliphatic carbocycles. The van der Waals surface area contributed by atoms with E-state index < -0.39 is 29.7 Å². The molecule has 0 aliphatic rings. The standard InChI is InChI=1S/C11H7ClF3NO2S/c12-4-7-1-6(3-10(17)18)9(2-8(7)5-16)19-11(13,14)15/h1-2H,3-4H2,(H,17,18). The number of rotatable bonds is 4. The van der Waals surface area contributed by atoms with E-state index in [0.717, 1.165) is 6.07 Å². The van der Waals surface area contributed by atoms with Crippen molar-refractivity contribution in [3.05, 3.63) is 28.8 Å². The Morgan fingerprint density at radius 1 is 1.42 bits per heavy atom. The second-order valence-electron chi connectivity index (χ2n) is 3.48. The van der Waals surface area contributed by atoms with E-state index in [1.54, 1.807) is 6.07 Å². The van der Waals surface area contributed by atoms with Crippen LogP contribution in [0.5, 0.6) is 0 Å². The fourth-order valence-electron chi connectivity index (χ4n) is 1.41. The highest BCUT2D eigenvalue weighted by Crippen LogP contribution is 2.39. The smallest absolute Gasteiger partial charge is 0.446 e. The third-order valence-corrected chi connectivity index (χ3v) is 3.24. The minimum Gasteiger partial charge on any atom is -0.481 e. The maximum Gasteiger partial charge on any atom is 0.446 e. The van der Waals surface area contributed by atoms with E-state index >= 15 is 0 Å². The molecule has 0 amide bonds. The maximum absolute atomic E-state index is 12.4. The molecule has 0 saturated carbocycles. The van der Waals surface area contributed by atoms with Crippen molar-refractivity contribution in [2.75, 3.05) is 0 Å². The Hall–Kier alpha value is -1.39. The fourth-order valence-corrected chi connectivity index (χ4v) is 2.32. The van der Waals surface area contributed by atoms with Crippen LogP contribution in [0, 0.1) is 11.3 Å². The molecule has 0 aromatic heterocycles. The van der Waals surface area contributed by atoms with E-state index in [9.17, 15) is 18.0 Å². The van der Waals surface area contributed by atoms with Crippen molar-refractivity contribution in [3.8, 4) is 6.07 Å². The Labute approximate surface area is 116 Å². The quantitative estimate of drug-likeness (QED) is 0.682. The number of thioether (sulfide) groups is 1. The average molecular weight is 310 g/mol. The number of carboxylic acids is 1. The molecule has 0 aliphatic heterocycles. The lowest BCUT2D eigenvalue weighted by atomic mass is 10.0. The molecule has 1 aromatic carbocycles. The summed E-state index contributed by atoms with van der Waals surface area (Å²) in [5.74, 6) is -1.33. The number of hydrogen-bond donors (Lipinski definition) is 1. The minimum absolute atomic E-state index is 0.00975. The van der Waals surface area contributed by atoms with Crippen molar-refractivity contribution in [1.29, 1.82) is 5.26 Å². The molecule has 0 atom stereocenters. The fraction of sp³-hybridized carbons (Fsp3) is 0.273. The van der Waals surface area contributed by atoms with Crippen molar-refractivity contribution in [1.82, 2.24) is 0 Å². The Bertz CT molecular complexity index is 540. The zero-order valence-electron chi connectivity index (χ0n) is 9.29. The summed E-state index contributed by atoms with van der Waals surface area (Å²) < 4.78 is 37.2. The van der Waals surface area contributed by atoms with Gasteiger partial charge in [-0.15, -0.1) is 11.6 Å². The topological polar surface area (TPSA) is 61.1 Å². The zero-order valence-corrected chi connectivity index (χ0v) is 10.9. The van der Waals surface area contributed by atoms with Gasteiger partial charge < -0.3 is 5.11 Å². The molecule has 8 heteroatoms. The lowest BCUT2D eigenvalue weighted by Gasteiger charge is -2.12. The summed E-state index contributed by atoms with van der Waals surface area (Å²) >= 11 is 5.14. The van der Waals surface area contributed by atoms with E-state index in [1.165, 1.54) is 6.07 Å². The molecule has 0 heterocycles. The van der Waals surface area contributed by atoms with Crippen LogP contribution in [0.1, 0.15) is 16.7 Å². The van der Waals surface area contributed by atoms with Crippen molar-refractivity contribution >= 4 is 29.3 Å². The normalized spacial score (nSPS) is 11.1. The Kier molecular flexibility index (Phi) is 5.09. The monoisotopic (exact) mass is 309 g/mol. The van der Waals surface area contributed by atoms with Crippen molar-refractivity contribution in [2.45, 2.75) is 22.7 Å². The summed E-state index contributed by atoms with van der Waals surface area (Å²) in [6.07, 6.45) is -0.561. The lowest BCUT2D eigenvalue weighted by Crippen LogP contribution is -2.07. The number of halogens is 4. The maximum atomic E-state index is 12.4. The largest absolute Gasteiger partial charge is 0.481 e. The number of aliphatic carboxylic acids is 1. The number of benzene rings is 1. The van der Waals surface area contributed by atoms with Crippen molar-refractivity contribution in [2.24, 2.45) is 0 Å². The minimum atomic E-state index is -4.55. The summed E-state index contributed by atoms with van der Waals surface area (Å²) in [4.78, 5) is 10.4. The van der Waals surface area contributed by atoms with Gasteiger partial charge in [-0.3, -0.25) is 4.79 Å². The highest BCUT2D eigenvalue weighted by atomic mass is 35.5. The zero-order chi connectivity index (χ0) is 14.6. The van der Waals surface area contributed by atoms with Gasteiger partial charge in [0.05, 0.1) is 18.1 Å².